The van der Waals surface area contributed by atoms with Crippen molar-refractivity contribution in [3.8, 4) is 17.0 Å². The van der Waals surface area contributed by atoms with Crippen molar-refractivity contribution in [1.29, 1.82) is 0 Å². The van der Waals surface area contributed by atoms with Crippen molar-refractivity contribution in [2.45, 2.75) is 51.6 Å². The van der Waals surface area contributed by atoms with Gasteiger partial charge >= 0.3 is 5.97 Å². The number of fused-ring (bicyclic) bond motifs is 1. The first-order chi connectivity index (χ1) is 17.8. The van der Waals surface area contributed by atoms with Crippen molar-refractivity contribution in [3.05, 3.63) is 52.0 Å². The van der Waals surface area contributed by atoms with Crippen LogP contribution in [0.15, 0.2) is 36.4 Å². The van der Waals surface area contributed by atoms with Crippen molar-refractivity contribution in [2.75, 3.05) is 26.8 Å². The fourth-order valence-electron chi connectivity index (χ4n) is 4.91. The SMILES string of the molecule is CCCC(C(=O)OCC)N1CCC(NC(=O)c2ccc(-c3cc4cc(Cl)c(Cl)cc4[nH]3)c(OC)c2)CC1. The summed E-state index contributed by atoms with van der Waals surface area (Å²) in [5.41, 5.74) is 3.06. The molecule has 7 nitrogen and oxygen atoms in total. The zero-order valence-electron chi connectivity index (χ0n) is 21.4. The van der Waals surface area contributed by atoms with Crippen LogP contribution in [-0.2, 0) is 9.53 Å². The van der Waals surface area contributed by atoms with Crippen LogP contribution in [0.1, 0.15) is 49.9 Å². The first-order valence-corrected chi connectivity index (χ1v) is 13.5. The number of hydrogen-bond acceptors (Lipinski definition) is 5. The number of nitrogens with one attached hydrogen (secondary N) is 2. The zero-order valence-corrected chi connectivity index (χ0v) is 22.9. The molecular formula is C28H33Cl2N3O4. The van der Waals surface area contributed by atoms with Crippen LogP contribution in [0.25, 0.3) is 22.2 Å². The second kappa shape index (κ2) is 12.2. The molecule has 0 bridgehead atoms. The minimum Gasteiger partial charge on any atom is -0.496 e. The number of nitrogens with zero attached hydrogens (tertiary/aromatic N) is 1. The predicted octanol–water partition coefficient (Wildman–Crippen LogP) is 6.08. The molecule has 2 N–H and O–H groups in total. The molecular weight excluding hydrogens is 513 g/mol. The van der Waals surface area contributed by atoms with Crippen molar-refractivity contribution >= 4 is 46.0 Å². The molecule has 0 spiro atoms. The van der Waals surface area contributed by atoms with Gasteiger partial charge in [0.2, 0.25) is 0 Å². The second-order valence-electron chi connectivity index (χ2n) is 9.29. The molecule has 1 fully saturated rings. The highest BCUT2D eigenvalue weighted by atomic mass is 35.5. The van der Waals surface area contributed by atoms with Gasteiger partial charge in [-0.1, -0.05) is 36.5 Å². The first-order valence-electron chi connectivity index (χ1n) is 12.7. The van der Waals surface area contributed by atoms with Crippen LogP contribution in [0, 0.1) is 0 Å². The Morgan fingerprint density at radius 2 is 1.84 bits per heavy atom. The first kappa shape index (κ1) is 27.3. The maximum absolute atomic E-state index is 13.1. The summed E-state index contributed by atoms with van der Waals surface area (Å²) >= 11 is 12.3. The van der Waals surface area contributed by atoms with E-state index in [1.54, 1.807) is 25.3 Å². The quantitative estimate of drug-likeness (QED) is 0.318. The number of likely N-dealkylation sites (tertiary alicyclic amines) is 1. The number of H-pyrrole nitrogens is 1. The molecule has 1 saturated heterocycles. The molecule has 9 heteroatoms. The van der Waals surface area contributed by atoms with E-state index < -0.39 is 0 Å². The van der Waals surface area contributed by atoms with Gasteiger partial charge in [0.05, 0.1) is 29.5 Å². The molecule has 1 aliphatic rings. The number of hydrogen-bond donors (Lipinski definition) is 2. The summed E-state index contributed by atoms with van der Waals surface area (Å²) < 4.78 is 10.9. The average molecular weight is 546 g/mol. The number of aromatic amines is 1. The molecule has 0 aliphatic carbocycles. The van der Waals surface area contributed by atoms with E-state index in [-0.39, 0.29) is 24.0 Å². The summed E-state index contributed by atoms with van der Waals surface area (Å²) in [4.78, 5) is 31.0. The summed E-state index contributed by atoms with van der Waals surface area (Å²) in [5.74, 6) is 0.289. The third-order valence-corrected chi connectivity index (χ3v) is 7.56. The number of esters is 1. The lowest BCUT2D eigenvalue weighted by Gasteiger charge is -2.36. The molecule has 0 saturated carbocycles. The largest absolute Gasteiger partial charge is 0.496 e. The van der Waals surface area contributed by atoms with E-state index in [9.17, 15) is 9.59 Å². The van der Waals surface area contributed by atoms with Gasteiger partial charge in [-0.15, -0.1) is 0 Å². The Balaban J connectivity index is 1.42. The molecule has 2 heterocycles. The lowest BCUT2D eigenvalue weighted by atomic mass is 10.0. The highest BCUT2D eigenvalue weighted by Crippen LogP contribution is 2.35. The van der Waals surface area contributed by atoms with Crippen LogP contribution in [-0.4, -0.2) is 60.7 Å². The summed E-state index contributed by atoms with van der Waals surface area (Å²) in [6.45, 7) is 5.77. The number of halogens is 2. The third-order valence-electron chi connectivity index (χ3n) is 6.84. The molecule has 2 aromatic carbocycles. The Morgan fingerprint density at radius 3 is 2.51 bits per heavy atom. The van der Waals surface area contributed by atoms with E-state index in [0.29, 0.717) is 28.0 Å². The Hall–Kier alpha value is -2.74. The number of piperidine rings is 1. The fourth-order valence-corrected chi connectivity index (χ4v) is 5.25. The number of methoxy groups -OCH3 is 1. The number of ether oxygens (including phenoxy) is 2. The maximum Gasteiger partial charge on any atom is 0.323 e. The second-order valence-corrected chi connectivity index (χ2v) is 10.1. The van der Waals surface area contributed by atoms with Gasteiger partial charge in [-0.25, -0.2) is 0 Å². The Morgan fingerprint density at radius 1 is 1.11 bits per heavy atom. The van der Waals surface area contributed by atoms with E-state index >= 15 is 0 Å². The van der Waals surface area contributed by atoms with E-state index in [2.05, 4.69) is 22.1 Å². The molecule has 37 heavy (non-hydrogen) atoms. The molecule has 3 aromatic rings. The molecule has 1 aromatic heterocycles. The number of carbonyl (C=O) groups excluding carboxylic acids is 2. The van der Waals surface area contributed by atoms with Crippen molar-refractivity contribution in [3.63, 3.8) is 0 Å². The molecule has 1 atom stereocenters. The van der Waals surface area contributed by atoms with Crippen LogP contribution in [0.3, 0.4) is 0 Å². The van der Waals surface area contributed by atoms with Gasteiger partial charge in [-0.05, 0) is 62.6 Å². The molecule has 198 valence electrons. The van der Waals surface area contributed by atoms with Gasteiger partial charge in [0.25, 0.3) is 5.91 Å². The van der Waals surface area contributed by atoms with E-state index in [0.717, 1.165) is 60.9 Å². The fraction of sp³-hybridized carbons (Fsp3) is 0.429. The molecule has 1 aliphatic heterocycles. The predicted molar refractivity (Wildman–Crippen MR) is 148 cm³/mol. The normalized spacial score (nSPS) is 15.5. The van der Waals surface area contributed by atoms with Crippen molar-refractivity contribution in [2.24, 2.45) is 0 Å². The summed E-state index contributed by atoms with van der Waals surface area (Å²) in [6.07, 6.45) is 3.25. The van der Waals surface area contributed by atoms with Gasteiger partial charge in [-0.3, -0.25) is 14.5 Å². The van der Waals surface area contributed by atoms with Gasteiger partial charge in [-0.2, -0.15) is 0 Å². The number of benzene rings is 2. The third kappa shape index (κ3) is 6.22. The number of amides is 1. The van der Waals surface area contributed by atoms with E-state index in [1.807, 2.05) is 25.1 Å². The minimum atomic E-state index is -0.213. The molecule has 0 radical (unpaired) electrons. The van der Waals surface area contributed by atoms with Crippen LogP contribution in [0.5, 0.6) is 5.75 Å². The molecule has 1 unspecified atom stereocenters. The lowest BCUT2D eigenvalue weighted by Crippen LogP contribution is -2.50. The van der Waals surface area contributed by atoms with Crippen LogP contribution in [0.4, 0.5) is 0 Å². The summed E-state index contributed by atoms with van der Waals surface area (Å²) in [6, 6.07) is 10.8. The number of aromatic nitrogens is 1. The smallest absolute Gasteiger partial charge is 0.323 e. The van der Waals surface area contributed by atoms with E-state index in [1.165, 1.54) is 0 Å². The lowest BCUT2D eigenvalue weighted by molar-refractivity contribution is -0.150. The Labute approximate surface area is 227 Å². The van der Waals surface area contributed by atoms with Gasteiger partial charge in [0, 0.05) is 41.2 Å². The van der Waals surface area contributed by atoms with E-state index in [4.69, 9.17) is 32.7 Å². The van der Waals surface area contributed by atoms with Gasteiger partial charge < -0.3 is 19.8 Å². The standard InChI is InChI=1S/C28H33Cl2N3O4/c1-4-6-25(28(35)37-5-2)33-11-9-19(10-12-33)31-27(34)17-7-8-20(26(15-17)36-3)24-14-18-13-21(29)22(30)16-23(18)32-24/h7-8,13-16,19,25,32H,4-6,9-12H2,1-3H3,(H,31,34). The van der Waals surface area contributed by atoms with Crippen LogP contribution >= 0.6 is 23.2 Å². The van der Waals surface area contributed by atoms with Gasteiger partial charge in [0.15, 0.2) is 0 Å². The van der Waals surface area contributed by atoms with Crippen molar-refractivity contribution < 1.29 is 19.1 Å². The van der Waals surface area contributed by atoms with Crippen LogP contribution in [0.2, 0.25) is 10.0 Å². The number of carbonyl (C=O) groups is 2. The highest BCUT2D eigenvalue weighted by molar-refractivity contribution is 6.42. The highest BCUT2D eigenvalue weighted by Gasteiger charge is 2.30. The Kier molecular flexibility index (Phi) is 9.00. The zero-order chi connectivity index (χ0) is 26.5. The van der Waals surface area contributed by atoms with Gasteiger partial charge in [0.1, 0.15) is 11.8 Å². The average Bonchev–Trinajstić information content (AvgIpc) is 3.30. The summed E-state index contributed by atoms with van der Waals surface area (Å²) in [5, 5.41) is 5.06. The Bertz CT molecular complexity index is 1230. The molecule has 4 rings (SSSR count). The topological polar surface area (TPSA) is 83.7 Å². The summed E-state index contributed by atoms with van der Waals surface area (Å²) in [7, 11) is 1.59. The van der Waals surface area contributed by atoms with Crippen LogP contribution < -0.4 is 10.1 Å². The monoisotopic (exact) mass is 545 g/mol. The number of rotatable bonds is 9. The molecule has 1 amide bonds. The maximum atomic E-state index is 13.1. The van der Waals surface area contributed by atoms with Crippen molar-refractivity contribution in [1.82, 2.24) is 15.2 Å². The minimum absolute atomic E-state index is 0.0436.